The Morgan fingerprint density at radius 2 is 2.11 bits per heavy atom. The molecule has 1 aliphatic heterocycles. The Morgan fingerprint density at radius 1 is 1.32 bits per heavy atom. The number of nitrogens with zero attached hydrogens (tertiary/aromatic N) is 4. The Labute approximate surface area is 166 Å². The predicted molar refractivity (Wildman–Crippen MR) is 108 cm³/mol. The molecule has 1 saturated heterocycles. The fourth-order valence-corrected chi connectivity index (χ4v) is 3.26. The second kappa shape index (κ2) is 9.18. The number of nitrogens with one attached hydrogen (secondary N) is 2. The average Bonchev–Trinajstić information content (AvgIpc) is 3.27. The van der Waals surface area contributed by atoms with Crippen molar-refractivity contribution in [3.63, 3.8) is 0 Å². The molecule has 9 nitrogen and oxygen atoms in total. The van der Waals surface area contributed by atoms with Crippen LogP contribution in [0.1, 0.15) is 11.5 Å². The molecular weight excluding hydrogens is 380 g/mol. The first kappa shape index (κ1) is 19.6. The van der Waals surface area contributed by atoms with Crippen LogP contribution in [-0.4, -0.2) is 65.5 Å². The lowest BCUT2D eigenvalue weighted by molar-refractivity contribution is -0.116. The van der Waals surface area contributed by atoms with Gasteiger partial charge in [0.2, 0.25) is 5.95 Å². The standard InChI is InChI=1S/C18H20N6O3S/c1-20-17(26)15(28-12-25)11-13-4-5-21-18(22-13)24-8-6-23(7-9-24)16(19)14-3-2-10-27-14/h2-5,10-12,19H,6-9H2,1H3,(H,20,26)/b15-11-,19-16?. The van der Waals surface area contributed by atoms with Crippen LogP contribution in [0, 0.1) is 5.41 Å². The van der Waals surface area contributed by atoms with Crippen molar-refractivity contribution in [1.82, 2.24) is 20.2 Å². The summed E-state index contributed by atoms with van der Waals surface area (Å²) in [6.45, 7) is 2.60. The number of carbonyl (C=O) groups excluding carboxylic acids is 2. The van der Waals surface area contributed by atoms with Crippen LogP contribution < -0.4 is 10.2 Å². The van der Waals surface area contributed by atoms with Gasteiger partial charge in [0.25, 0.3) is 5.91 Å². The maximum atomic E-state index is 11.8. The number of amides is 1. The van der Waals surface area contributed by atoms with Crippen LogP contribution in [0.5, 0.6) is 0 Å². The fourth-order valence-electron chi connectivity index (χ4n) is 2.76. The largest absolute Gasteiger partial charge is 0.461 e. The molecule has 28 heavy (non-hydrogen) atoms. The Morgan fingerprint density at radius 3 is 2.75 bits per heavy atom. The molecule has 1 amide bonds. The molecule has 1 aliphatic rings. The van der Waals surface area contributed by atoms with Gasteiger partial charge >= 0.3 is 0 Å². The van der Waals surface area contributed by atoms with Gasteiger partial charge in [-0.2, -0.15) is 0 Å². The topological polar surface area (TPSA) is 115 Å². The van der Waals surface area contributed by atoms with E-state index in [-0.39, 0.29) is 10.8 Å². The predicted octanol–water partition coefficient (Wildman–Crippen LogP) is 1.23. The molecule has 2 aromatic heterocycles. The average molecular weight is 400 g/mol. The lowest BCUT2D eigenvalue weighted by Gasteiger charge is -2.35. The molecule has 2 aromatic rings. The van der Waals surface area contributed by atoms with E-state index in [1.54, 1.807) is 36.7 Å². The van der Waals surface area contributed by atoms with E-state index in [1.165, 1.54) is 7.05 Å². The first-order valence-electron chi connectivity index (χ1n) is 8.62. The van der Waals surface area contributed by atoms with Gasteiger partial charge < -0.3 is 19.5 Å². The van der Waals surface area contributed by atoms with Gasteiger partial charge in [0.05, 0.1) is 16.9 Å². The van der Waals surface area contributed by atoms with Crippen molar-refractivity contribution in [2.45, 2.75) is 0 Å². The number of likely N-dealkylation sites (N-methyl/N-ethyl adjacent to an activating group) is 1. The number of thioether (sulfide) groups is 1. The quantitative estimate of drug-likeness (QED) is 0.322. The van der Waals surface area contributed by atoms with Gasteiger partial charge in [-0.3, -0.25) is 15.0 Å². The zero-order valence-electron chi connectivity index (χ0n) is 15.3. The highest BCUT2D eigenvalue weighted by Gasteiger charge is 2.22. The van der Waals surface area contributed by atoms with E-state index in [0.29, 0.717) is 55.0 Å². The number of hydrogen-bond donors (Lipinski definition) is 2. The molecule has 3 rings (SSSR count). The number of piperazine rings is 1. The van der Waals surface area contributed by atoms with Crippen molar-refractivity contribution >= 4 is 41.1 Å². The highest BCUT2D eigenvalue weighted by atomic mass is 32.2. The number of hydrogen-bond acceptors (Lipinski definition) is 8. The summed E-state index contributed by atoms with van der Waals surface area (Å²) in [5, 5.41) is 10.7. The summed E-state index contributed by atoms with van der Waals surface area (Å²) < 4.78 is 5.29. The summed E-state index contributed by atoms with van der Waals surface area (Å²) in [6.07, 6.45) is 4.74. The maximum absolute atomic E-state index is 11.8. The Bertz CT molecular complexity index is 875. The van der Waals surface area contributed by atoms with Crippen molar-refractivity contribution < 1.29 is 14.0 Å². The summed E-state index contributed by atoms with van der Waals surface area (Å²) in [4.78, 5) is 35.7. The van der Waals surface area contributed by atoms with E-state index < -0.39 is 0 Å². The van der Waals surface area contributed by atoms with Gasteiger partial charge in [-0.1, -0.05) is 0 Å². The molecule has 1 fully saturated rings. The van der Waals surface area contributed by atoms with Gasteiger partial charge in [-0.05, 0) is 36.0 Å². The van der Waals surface area contributed by atoms with Crippen molar-refractivity contribution in [1.29, 1.82) is 5.41 Å². The third-order valence-corrected chi connectivity index (χ3v) is 4.86. The summed E-state index contributed by atoms with van der Waals surface area (Å²) in [7, 11) is 1.51. The SMILES string of the molecule is CNC(=O)/C(=C/c1ccnc(N2CCN(C(=N)c3ccco3)CC2)n1)SC=O. The monoisotopic (exact) mass is 400 g/mol. The van der Waals surface area contributed by atoms with Gasteiger partial charge in [0, 0.05) is 39.4 Å². The van der Waals surface area contributed by atoms with Gasteiger partial charge in [-0.25, -0.2) is 9.97 Å². The van der Waals surface area contributed by atoms with Crippen LogP contribution >= 0.6 is 11.8 Å². The molecule has 0 bridgehead atoms. The van der Waals surface area contributed by atoms with E-state index in [2.05, 4.69) is 15.3 Å². The normalized spacial score (nSPS) is 14.7. The van der Waals surface area contributed by atoms with Crippen LogP contribution in [0.25, 0.3) is 6.08 Å². The Kier molecular flexibility index (Phi) is 6.43. The Balaban J connectivity index is 1.68. The van der Waals surface area contributed by atoms with E-state index in [4.69, 9.17) is 9.83 Å². The highest BCUT2D eigenvalue weighted by Crippen LogP contribution is 2.18. The van der Waals surface area contributed by atoms with Gasteiger partial charge in [0.15, 0.2) is 17.2 Å². The third-order valence-electron chi connectivity index (χ3n) is 4.20. The van der Waals surface area contributed by atoms with Crippen LogP contribution in [0.2, 0.25) is 0 Å². The highest BCUT2D eigenvalue weighted by molar-refractivity contribution is 8.16. The number of aromatic nitrogens is 2. The summed E-state index contributed by atoms with van der Waals surface area (Å²) >= 11 is 0.803. The van der Waals surface area contributed by atoms with Crippen molar-refractivity contribution in [2.75, 3.05) is 38.1 Å². The summed E-state index contributed by atoms with van der Waals surface area (Å²) in [5.74, 6) is 1.11. The van der Waals surface area contributed by atoms with Crippen LogP contribution in [0.4, 0.5) is 5.95 Å². The molecule has 0 aromatic carbocycles. The zero-order chi connectivity index (χ0) is 19.9. The minimum atomic E-state index is -0.345. The van der Waals surface area contributed by atoms with Crippen molar-refractivity contribution in [3.8, 4) is 0 Å². The molecule has 0 unspecified atom stereocenters. The first-order valence-corrected chi connectivity index (χ1v) is 9.49. The number of anilines is 1. The molecular formula is C18H20N6O3S. The van der Waals surface area contributed by atoms with Gasteiger partial charge in [0.1, 0.15) is 0 Å². The first-order chi connectivity index (χ1) is 13.6. The van der Waals surface area contributed by atoms with E-state index in [1.807, 2.05) is 9.80 Å². The third kappa shape index (κ3) is 4.58. The molecule has 3 heterocycles. The Hall–Kier alpha value is -3.14. The molecule has 2 N–H and O–H groups in total. The molecule has 0 atom stereocenters. The smallest absolute Gasteiger partial charge is 0.257 e. The second-order valence-electron chi connectivity index (χ2n) is 5.88. The molecule has 0 aliphatic carbocycles. The molecule has 0 saturated carbocycles. The molecule has 146 valence electrons. The lowest BCUT2D eigenvalue weighted by Crippen LogP contribution is -2.49. The van der Waals surface area contributed by atoms with E-state index >= 15 is 0 Å². The molecule has 0 radical (unpaired) electrons. The minimum absolute atomic E-state index is 0.263. The van der Waals surface area contributed by atoms with E-state index in [0.717, 1.165) is 11.8 Å². The van der Waals surface area contributed by atoms with Crippen molar-refractivity contribution in [3.05, 3.63) is 47.0 Å². The van der Waals surface area contributed by atoms with Gasteiger partial charge in [-0.15, -0.1) is 0 Å². The maximum Gasteiger partial charge on any atom is 0.257 e. The van der Waals surface area contributed by atoms with Crippen LogP contribution in [-0.2, 0) is 9.59 Å². The van der Waals surface area contributed by atoms with Crippen LogP contribution in [0.3, 0.4) is 0 Å². The van der Waals surface area contributed by atoms with E-state index in [9.17, 15) is 9.59 Å². The molecule has 0 spiro atoms. The fraction of sp³-hybridized carbons (Fsp3) is 0.278. The zero-order valence-corrected chi connectivity index (χ0v) is 16.1. The summed E-state index contributed by atoms with van der Waals surface area (Å²) in [5.41, 5.74) is 1.15. The number of furan rings is 1. The number of rotatable bonds is 6. The minimum Gasteiger partial charge on any atom is -0.461 e. The molecule has 10 heteroatoms. The van der Waals surface area contributed by atoms with Crippen LogP contribution in [0.15, 0.2) is 40.0 Å². The lowest BCUT2D eigenvalue weighted by atomic mass is 10.3. The number of carbonyl (C=O) groups is 2. The van der Waals surface area contributed by atoms with Crippen molar-refractivity contribution in [2.24, 2.45) is 0 Å². The summed E-state index contributed by atoms with van der Waals surface area (Å²) in [6, 6.07) is 5.22. The second-order valence-corrected chi connectivity index (χ2v) is 6.75. The number of amidine groups is 1.